The first kappa shape index (κ1) is 17.0. The Hall–Kier alpha value is -3.42. The molecule has 130 valence electrons. The number of furan rings is 1. The van der Waals surface area contributed by atoms with Gasteiger partial charge in [-0.25, -0.2) is 4.99 Å². The minimum Gasteiger partial charge on any atom is -0.460 e. The molecule has 27 heavy (non-hydrogen) atoms. The van der Waals surface area contributed by atoms with E-state index in [9.17, 15) is 5.26 Å². The number of hydrogen-bond acceptors (Lipinski definition) is 4. The second kappa shape index (κ2) is 7.45. The molecule has 0 saturated carbocycles. The predicted molar refractivity (Wildman–Crippen MR) is 111 cm³/mol. The summed E-state index contributed by atoms with van der Waals surface area (Å²) < 4.78 is 5.56. The van der Waals surface area contributed by atoms with Gasteiger partial charge < -0.3 is 4.42 Å². The number of nitrogens with zero attached hydrogens (tertiary/aromatic N) is 2. The van der Waals surface area contributed by atoms with Crippen LogP contribution in [0.25, 0.3) is 21.6 Å². The summed E-state index contributed by atoms with van der Waals surface area (Å²) >= 11 is 1.52. The Kier molecular flexibility index (Phi) is 4.69. The Balaban J connectivity index is 1.89. The van der Waals surface area contributed by atoms with Gasteiger partial charge in [-0.2, -0.15) is 5.26 Å². The molecule has 0 unspecified atom stereocenters. The quantitative estimate of drug-likeness (QED) is 0.381. The zero-order valence-electron chi connectivity index (χ0n) is 14.7. The van der Waals surface area contributed by atoms with Crippen molar-refractivity contribution in [2.45, 2.75) is 6.92 Å². The molecular formula is C23H16N2OS. The Labute approximate surface area is 161 Å². The lowest BCUT2D eigenvalue weighted by atomic mass is 9.99. The van der Waals surface area contributed by atoms with Crippen LogP contribution in [0.2, 0.25) is 0 Å². The van der Waals surface area contributed by atoms with Gasteiger partial charge >= 0.3 is 0 Å². The van der Waals surface area contributed by atoms with Crippen molar-refractivity contribution in [2.75, 3.05) is 0 Å². The highest BCUT2D eigenvalue weighted by Gasteiger charge is 2.20. The van der Waals surface area contributed by atoms with E-state index in [1.807, 2.05) is 67.6 Å². The van der Waals surface area contributed by atoms with Crippen molar-refractivity contribution in [3.63, 3.8) is 0 Å². The minimum atomic E-state index is 0.588. The molecule has 2 aromatic carbocycles. The molecule has 0 amide bonds. The van der Waals surface area contributed by atoms with Crippen LogP contribution < -0.4 is 0 Å². The largest absolute Gasteiger partial charge is 0.460 e. The number of aliphatic imine (C=N–C) groups is 1. The monoisotopic (exact) mass is 368 g/mol. The van der Waals surface area contributed by atoms with Gasteiger partial charge in [-0.05, 0) is 30.2 Å². The Morgan fingerprint density at radius 1 is 0.926 bits per heavy atom. The molecule has 2 heterocycles. The number of nitriles is 1. The highest BCUT2D eigenvalue weighted by atomic mass is 32.1. The van der Waals surface area contributed by atoms with Gasteiger partial charge in [-0.15, -0.1) is 11.3 Å². The van der Waals surface area contributed by atoms with E-state index >= 15 is 0 Å². The summed E-state index contributed by atoms with van der Waals surface area (Å²) in [6.07, 6.45) is 1.67. The van der Waals surface area contributed by atoms with Crippen LogP contribution in [0.1, 0.15) is 17.1 Å². The molecule has 2 aromatic heterocycles. The summed E-state index contributed by atoms with van der Waals surface area (Å²) in [5.74, 6) is 1.50. The van der Waals surface area contributed by atoms with Crippen LogP contribution in [0.4, 0.5) is 5.00 Å². The molecule has 0 atom stereocenters. The van der Waals surface area contributed by atoms with Crippen molar-refractivity contribution in [3.8, 4) is 27.6 Å². The summed E-state index contributed by atoms with van der Waals surface area (Å²) in [5.41, 5.74) is 3.61. The van der Waals surface area contributed by atoms with E-state index < -0.39 is 0 Å². The van der Waals surface area contributed by atoms with Crippen molar-refractivity contribution in [1.29, 1.82) is 5.26 Å². The van der Waals surface area contributed by atoms with E-state index in [4.69, 9.17) is 4.42 Å². The van der Waals surface area contributed by atoms with Crippen LogP contribution >= 0.6 is 11.3 Å². The Morgan fingerprint density at radius 3 is 2.19 bits per heavy atom. The number of rotatable bonds is 4. The standard InChI is InChI=1S/C23H16N2OS/c1-16-12-13-19(26-16)15-25-23-20(14-24)21(17-8-4-2-5-9-17)22(27-23)18-10-6-3-7-11-18/h2-13,15H,1H3. The van der Waals surface area contributed by atoms with Crippen LogP contribution in [0.3, 0.4) is 0 Å². The summed E-state index contributed by atoms with van der Waals surface area (Å²) in [6, 6.07) is 26.2. The van der Waals surface area contributed by atoms with Gasteiger partial charge in [0.1, 0.15) is 22.6 Å². The lowest BCUT2D eigenvalue weighted by molar-refractivity contribution is 0.528. The molecule has 3 nitrogen and oxygen atoms in total. The first-order chi connectivity index (χ1) is 13.3. The normalized spacial score (nSPS) is 11.0. The number of hydrogen-bond donors (Lipinski definition) is 0. The predicted octanol–water partition coefficient (Wildman–Crippen LogP) is 6.61. The third-order valence-electron chi connectivity index (χ3n) is 4.17. The van der Waals surface area contributed by atoms with Gasteiger partial charge in [0.15, 0.2) is 0 Å². The number of benzene rings is 2. The number of thiophene rings is 1. The molecule has 0 N–H and O–H groups in total. The minimum absolute atomic E-state index is 0.588. The molecule has 0 saturated heterocycles. The van der Waals surface area contributed by atoms with E-state index in [-0.39, 0.29) is 0 Å². The van der Waals surface area contributed by atoms with Gasteiger partial charge in [0.2, 0.25) is 0 Å². The van der Waals surface area contributed by atoms with E-state index in [0.717, 1.165) is 27.3 Å². The van der Waals surface area contributed by atoms with Crippen LogP contribution in [0.15, 0.2) is 82.2 Å². The maximum absolute atomic E-state index is 9.88. The summed E-state index contributed by atoms with van der Waals surface area (Å²) in [4.78, 5) is 5.61. The Morgan fingerprint density at radius 2 is 1.59 bits per heavy atom. The highest BCUT2D eigenvalue weighted by Crippen LogP contribution is 2.46. The smallest absolute Gasteiger partial charge is 0.145 e. The zero-order valence-corrected chi connectivity index (χ0v) is 15.5. The van der Waals surface area contributed by atoms with E-state index in [0.29, 0.717) is 16.3 Å². The van der Waals surface area contributed by atoms with Gasteiger partial charge in [0.25, 0.3) is 0 Å². The SMILES string of the molecule is Cc1ccc(C=Nc2sc(-c3ccccc3)c(-c3ccccc3)c2C#N)o1. The average Bonchev–Trinajstić information content (AvgIpc) is 3.30. The molecule has 0 spiro atoms. The van der Waals surface area contributed by atoms with Gasteiger partial charge in [0, 0.05) is 10.4 Å². The van der Waals surface area contributed by atoms with Crippen LogP contribution in [-0.2, 0) is 0 Å². The molecule has 0 aliphatic rings. The van der Waals surface area contributed by atoms with Crippen molar-refractivity contribution >= 4 is 22.6 Å². The lowest BCUT2D eigenvalue weighted by Crippen LogP contribution is -1.83. The molecule has 0 radical (unpaired) electrons. The second-order valence-electron chi connectivity index (χ2n) is 6.04. The van der Waals surface area contributed by atoms with Crippen LogP contribution in [-0.4, -0.2) is 6.21 Å². The molecule has 4 heteroatoms. The maximum Gasteiger partial charge on any atom is 0.145 e. The fourth-order valence-electron chi connectivity index (χ4n) is 2.93. The highest BCUT2D eigenvalue weighted by molar-refractivity contribution is 7.20. The lowest BCUT2D eigenvalue weighted by Gasteiger charge is -2.05. The van der Waals surface area contributed by atoms with Gasteiger partial charge in [0.05, 0.1) is 11.8 Å². The first-order valence-electron chi connectivity index (χ1n) is 8.54. The molecule has 0 aliphatic heterocycles. The molecule has 4 rings (SSSR count). The summed E-state index contributed by atoms with van der Waals surface area (Å²) in [7, 11) is 0. The van der Waals surface area contributed by atoms with E-state index in [1.54, 1.807) is 6.21 Å². The van der Waals surface area contributed by atoms with Crippen molar-refractivity contribution < 1.29 is 4.42 Å². The molecule has 0 fully saturated rings. The topological polar surface area (TPSA) is 49.3 Å². The molecule has 0 bridgehead atoms. The molecule has 0 aliphatic carbocycles. The first-order valence-corrected chi connectivity index (χ1v) is 9.36. The third-order valence-corrected chi connectivity index (χ3v) is 5.32. The Bertz CT molecular complexity index is 1130. The van der Waals surface area contributed by atoms with Crippen molar-refractivity contribution in [3.05, 3.63) is 89.9 Å². The van der Waals surface area contributed by atoms with Gasteiger partial charge in [-0.3, -0.25) is 0 Å². The van der Waals surface area contributed by atoms with Crippen LogP contribution in [0, 0.1) is 18.3 Å². The van der Waals surface area contributed by atoms with E-state index in [1.165, 1.54) is 11.3 Å². The fourth-order valence-corrected chi connectivity index (χ4v) is 4.06. The average molecular weight is 368 g/mol. The van der Waals surface area contributed by atoms with Gasteiger partial charge in [-0.1, -0.05) is 60.7 Å². The summed E-state index contributed by atoms with van der Waals surface area (Å²) in [5, 5.41) is 10.6. The second-order valence-corrected chi connectivity index (χ2v) is 7.04. The number of aryl methyl sites for hydroxylation is 1. The molecular weight excluding hydrogens is 352 g/mol. The molecule has 4 aromatic rings. The maximum atomic E-state index is 9.88. The van der Waals surface area contributed by atoms with Crippen molar-refractivity contribution in [1.82, 2.24) is 0 Å². The third kappa shape index (κ3) is 3.46. The van der Waals surface area contributed by atoms with Crippen molar-refractivity contribution in [2.24, 2.45) is 4.99 Å². The zero-order chi connectivity index (χ0) is 18.6. The van der Waals surface area contributed by atoms with E-state index in [2.05, 4.69) is 23.2 Å². The van der Waals surface area contributed by atoms with Crippen LogP contribution in [0.5, 0.6) is 0 Å². The fraction of sp³-hybridized carbons (Fsp3) is 0.0435. The summed E-state index contributed by atoms with van der Waals surface area (Å²) in [6.45, 7) is 1.89.